The number of hydrogen-bond acceptors (Lipinski definition) is 1. The molecular formula is C6H12Cl3N. The average Bonchev–Trinajstić information content (AvgIpc) is 1.90. The molecule has 0 aromatic heterocycles. The van der Waals surface area contributed by atoms with Gasteiger partial charge in [-0.15, -0.1) is 0 Å². The molecular weight excluding hydrogens is 192 g/mol. The Kier molecular flexibility index (Phi) is 8.59. The van der Waals surface area contributed by atoms with Gasteiger partial charge < -0.3 is 5.32 Å². The Balaban J connectivity index is 0.000000180. The molecule has 1 nitrogen and oxygen atoms in total. The van der Waals surface area contributed by atoms with Gasteiger partial charge in [0.2, 0.25) is 0 Å². The fourth-order valence-electron chi connectivity index (χ4n) is 0.802. The lowest BCUT2D eigenvalue weighted by atomic mass is 10.2. The van der Waals surface area contributed by atoms with E-state index in [2.05, 4.69) is 5.32 Å². The smallest absolute Gasteiger partial charge is 0.180 e. The van der Waals surface area contributed by atoms with Crippen molar-refractivity contribution >= 4 is 34.8 Å². The number of piperidine rings is 1. The molecule has 4 heteroatoms. The highest BCUT2D eigenvalue weighted by Gasteiger charge is 1.93. The van der Waals surface area contributed by atoms with Gasteiger partial charge in [0.05, 0.1) is 0 Å². The first-order valence-corrected chi connectivity index (χ1v) is 4.67. The lowest BCUT2D eigenvalue weighted by Crippen LogP contribution is -2.21. The van der Waals surface area contributed by atoms with Crippen LogP contribution in [0.3, 0.4) is 0 Å². The van der Waals surface area contributed by atoms with Gasteiger partial charge in [0.15, 0.2) is 4.30 Å². The molecule has 0 radical (unpaired) electrons. The maximum atomic E-state index is 4.81. The third-order valence-electron chi connectivity index (χ3n) is 1.21. The van der Waals surface area contributed by atoms with Crippen LogP contribution in [0.1, 0.15) is 19.3 Å². The Morgan fingerprint density at radius 2 is 1.30 bits per heavy atom. The molecule has 0 saturated carbocycles. The van der Waals surface area contributed by atoms with Crippen molar-refractivity contribution in [3.8, 4) is 0 Å². The second kappa shape index (κ2) is 7.93. The van der Waals surface area contributed by atoms with Crippen LogP contribution in [0.25, 0.3) is 0 Å². The predicted octanol–water partition coefficient (Wildman–Crippen LogP) is 2.75. The second-order valence-electron chi connectivity index (χ2n) is 2.06. The Bertz CT molecular complexity index is 49.7. The monoisotopic (exact) mass is 203 g/mol. The van der Waals surface area contributed by atoms with Gasteiger partial charge in [-0.1, -0.05) is 41.2 Å². The summed E-state index contributed by atoms with van der Waals surface area (Å²) < 4.78 is -0.750. The largest absolute Gasteiger partial charge is 0.317 e. The van der Waals surface area contributed by atoms with Gasteiger partial charge in [-0.05, 0) is 25.9 Å². The zero-order valence-electron chi connectivity index (χ0n) is 5.75. The highest BCUT2D eigenvalue weighted by Crippen LogP contribution is 2.03. The van der Waals surface area contributed by atoms with E-state index in [-0.39, 0.29) is 0 Å². The number of halogens is 3. The van der Waals surface area contributed by atoms with E-state index in [1.807, 2.05) is 0 Å². The molecule has 0 aromatic rings. The van der Waals surface area contributed by atoms with E-state index in [0.717, 1.165) is 0 Å². The van der Waals surface area contributed by atoms with Gasteiger partial charge >= 0.3 is 0 Å². The normalized spacial score (nSPS) is 18.0. The van der Waals surface area contributed by atoms with E-state index in [9.17, 15) is 0 Å². The molecule has 0 bridgehead atoms. The minimum absolute atomic E-state index is 0.750. The first kappa shape index (κ1) is 10.8. The molecule has 0 amide bonds. The van der Waals surface area contributed by atoms with E-state index >= 15 is 0 Å². The van der Waals surface area contributed by atoms with Crippen molar-refractivity contribution in [1.29, 1.82) is 0 Å². The lowest BCUT2D eigenvalue weighted by Gasteiger charge is -2.08. The van der Waals surface area contributed by atoms with E-state index < -0.39 is 4.30 Å². The maximum Gasteiger partial charge on any atom is 0.180 e. The third-order valence-corrected chi connectivity index (χ3v) is 1.21. The van der Waals surface area contributed by atoms with Crippen LogP contribution < -0.4 is 5.32 Å². The summed E-state index contributed by atoms with van der Waals surface area (Å²) in [6, 6.07) is 0. The van der Waals surface area contributed by atoms with Crippen LogP contribution >= 0.6 is 34.8 Å². The van der Waals surface area contributed by atoms with Gasteiger partial charge in [0, 0.05) is 0 Å². The fourth-order valence-corrected chi connectivity index (χ4v) is 0.802. The fraction of sp³-hybridized carbons (Fsp3) is 1.00. The zero-order chi connectivity index (χ0) is 7.82. The Morgan fingerprint density at radius 3 is 1.40 bits per heavy atom. The van der Waals surface area contributed by atoms with Crippen molar-refractivity contribution in [3.63, 3.8) is 0 Å². The minimum Gasteiger partial charge on any atom is -0.317 e. The molecule has 1 saturated heterocycles. The van der Waals surface area contributed by atoms with Crippen LogP contribution in [0.15, 0.2) is 0 Å². The first-order valence-electron chi connectivity index (χ1n) is 3.36. The van der Waals surface area contributed by atoms with Crippen molar-refractivity contribution in [2.45, 2.75) is 23.6 Å². The molecule has 0 aromatic carbocycles. The number of rotatable bonds is 0. The van der Waals surface area contributed by atoms with E-state index in [4.69, 9.17) is 34.8 Å². The number of hydrogen-bond donors (Lipinski definition) is 1. The van der Waals surface area contributed by atoms with Crippen LogP contribution in [0.4, 0.5) is 0 Å². The molecule has 10 heavy (non-hydrogen) atoms. The summed E-state index contributed by atoms with van der Waals surface area (Å²) in [6.45, 7) is 2.50. The van der Waals surface area contributed by atoms with Crippen molar-refractivity contribution in [3.05, 3.63) is 0 Å². The van der Waals surface area contributed by atoms with Gasteiger partial charge in [0.25, 0.3) is 0 Å². The van der Waals surface area contributed by atoms with Crippen LogP contribution in [0.5, 0.6) is 0 Å². The Hall–Kier alpha value is 0.830. The van der Waals surface area contributed by atoms with Crippen LogP contribution in [0, 0.1) is 0 Å². The van der Waals surface area contributed by atoms with Gasteiger partial charge in [-0.3, -0.25) is 0 Å². The van der Waals surface area contributed by atoms with Crippen LogP contribution in [-0.2, 0) is 0 Å². The van der Waals surface area contributed by atoms with Gasteiger partial charge in [-0.25, -0.2) is 0 Å². The third kappa shape index (κ3) is 11.6. The quantitative estimate of drug-likeness (QED) is 0.599. The summed E-state index contributed by atoms with van der Waals surface area (Å²) >= 11 is 14.4. The molecule has 1 fully saturated rings. The zero-order valence-corrected chi connectivity index (χ0v) is 8.01. The second-order valence-corrected chi connectivity index (χ2v) is 4.04. The molecule has 0 aliphatic carbocycles. The molecule has 1 rings (SSSR count). The SMILES string of the molecule is C1CCNCC1.ClC(Cl)Cl. The molecule has 1 aliphatic rings. The highest BCUT2D eigenvalue weighted by molar-refractivity contribution is 6.63. The molecule has 0 spiro atoms. The summed E-state index contributed by atoms with van der Waals surface area (Å²) in [7, 11) is 0. The number of nitrogens with one attached hydrogen (secondary N) is 1. The topological polar surface area (TPSA) is 12.0 Å². The summed E-state index contributed by atoms with van der Waals surface area (Å²) in [6.07, 6.45) is 4.22. The van der Waals surface area contributed by atoms with Gasteiger partial charge in [0.1, 0.15) is 0 Å². The molecule has 62 valence electrons. The van der Waals surface area contributed by atoms with Crippen molar-refractivity contribution < 1.29 is 0 Å². The van der Waals surface area contributed by atoms with Crippen molar-refractivity contribution in [1.82, 2.24) is 5.32 Å². The Labute approximate surface area is 77.0 Å². The highest BCUT2D eigenvalue weighted by atomic mass is 35.6. The van der Waals surface area contributed by atoms with Crippen LogP contribution in [-0.4, -0.2) is 17.4 Å². The average molecular weight is 205 g/mol. The Morgan fingerprint density at radius 1 is 0.900 bits per heavy atom. The van der Waals surface area contributed by atoms with E-state index in [1.165, 1.54) is 32.4 Å². The molecule has 1 N–H and O–H groups in total. The van der Waals surface area contributed by atoms with Crippen molar-refractivity contribution in [2.24, 2.45) is 0 Å². The van der Waals surface area contributed by atoms with Crippen LogP contribution in [0.2, 0.25) is 0 Å². The molecule has 1 heterocycles. The standard InChI is InChI=1S/C5H11N.CHCl3/c1-2-4-6-5-3-1;2-1(3)4/h6H,1-5H2;1H. The first-order chi connectivity index (χ1) is 4.73. The number of alkyl halides is 3. The lowest BCUT2D eigenvalue weighted by molar-refractivity contribution is 0.520. The van der Waals surface area contributed by atoms with E-state index in [0.29, 0.717) is 0 Å². The summed E-state index contributed by atoms with van der Waals surface area (Å²) in [4.78, 5) is 0. The summed E-state index contributed by atoms with van der Waals surface area (Å²) in [5.74, 6) is 0. The molecule has 1 aliphatic heterocycles. The minimum atomic E-state index is -0.750. The van der Waals surface area contributed by atoms with Gasteiger partial charge in [-0.2, -0.15) is 0 Å². The summed E-state index contributed by atoms with van der Waals surface area (Å²) in [5, 5.41) is 3.28. The van der Waals surface area contributed by atoms with Crippen molar-refractivity contribution in [2.75, 3.05) is 13.1 Å². The molecule has 0 unspecified atom stereocenters. The molecule has 0 atom stereocenters. The summed E-state index contributed by atoms with van der Waals surface area (Å²) in [5.41, 5.74) is 0. The van der Waals surface area contributed by atoms with E-state index in [1.54, 1.807) is 0 Å². The maximum absolute atomic E-state index is 4.81. The predicted molar refractivity (Wildman–Crippen MR) is 48.1 cm³/mol.